The number of hydrogen-bond acceptors (Lipinski definition) is 7. The number of hydrogen-bond donors (Lipinski definition) is 1. The Morgan fingerprint density at radius 1 is 1.03 bits per heavy atom. The summed E-state index contributed by atoms with van der Waals surface area (Å²) >= 11 is 5.98. The normalized spacial score (nSPS) is 10.5. The van der Waals surface area contributed by atoms with E-state index in [1.165, 1.54) is 24.4 Å². The van der Waals surface area contributed by atoms with Gasteiger partial charge in [0.05, 0.1) is 21.7 Å². The molecule has 0 fully saturated rings. The maximum atomic E-state index is 12.2. The van der Waals surface area contributed by atoms with Crippen molar-refractivity contribution >= 4 is 35.4 Å². The van der Waals surface area contributed by atoms with E-state index in [9.17, 15) is 19.7 Å². The van der Waals surface area contributed by atoms with E-state index in [2.05, 4.69) is 10.5 Å². The molecule has 162 valence electrons. The Kier molecular flexibility index (Phi) is 7.50. The van der Waals surface area contributed by atoms with Crippen molar-refractivity contribution in [3.63, 3.8) is 0 Å². The first-order valence-electron chi connectivity index (χ1n) is 9.19. The standard InChI is InChI=1S/C22H16ClN3O6/c23-18-6-2-1-5-17(18)22(28)32-16-11-9-15(10-12-16)13-24-25-21(27)14-31-20-8-4-3-7-19(20)26(29)30/h1-13H,14H2,(H,25,27)/b24-13+. The first kappa shape index (κ1) is 22.4. The highest BCUT2D eigenvalue weighted by Crippen LogP contribution is 2.25. The molecule has 0 saturated carbocycles. The molecule has 9 nitrogen and oxygen atoms in total. The fourth-order valence-electron chi connectivity index (χ4n) is 2.50. The van der Waals surface area contributed by atoms with Crippen LogP contribution in [0.3, 0.4) is 0 Å². The summed E-state index contributed by atoms with van der Waals surface area (Å²) in [5, 5.41) is 15.0. The van der Waals surface area contributed by atoms with Crippen LogP contribution in [0.25, 0.3) is 0 Å². The summed E-state index contributed by atoms with van der Waals surface area (Å²) in [4.78, 5) is 34.3. The molecule has 0 heterocycles. The van der Waals surface area contributed by atoms with E-state index >= 15 is 0 Å². The smallest absolute Gasteiger partial charge is 0.345 e. The third kappa shape index (κ3) is 6.13. The Morgan fingerprint density at radius 2 is 1.72 bits per heavy atom. The number of para-hydroxylation sites is 2. The van der Waals surface area contributed by atoms with E-state index in [-0.39, 0.29) is 17.0 Å². The highest BCUT2D eigenvalue weighted by molar-refractivity contribution is 6.33. The van der Waals surface area contributed by atoms with Gasteiger partial charge in [0.2, 0.25) is 0 Å². The van der Waals surface area contributed by atoms with Gasteiger partial charge in [-0.05, 0) is 48.0 Å². The van der Waals surface area contributed by atoms with Gasteiger partial charge >= 0.3 is 11.7 Å². The molecule has 0 radical (unpaired) electrons. The molecule has 3 aromatic rings. The lowest BCUT2D eigenvalue weighted by molar-refractivity contribution is -0.385. The van der Waals surface area contributed by atoms with Crippen molar-refractivity contribution in [2.24, 2.45) is 5.10 Å². The number of nitro groups is 1. The van der Waals surface area contributed by atoms with Gasteiger partial charge < -0.3 is 9.47 Å². The van der Waals surface area contributed by atoms with E-state index in [1.807, 2.05) is 0 Å². The van der Waals surface area contributed by atoms with E-state index in [0.29, 0.717) is 16.3 Å². The number of carbonyl (C=O) groups excluding carboxylic acids is 2. The molecular weight excluding hydrogens is 438 g/mol. The van der Waals surface area contributed by atoms with Gasteiger partial charge in [-0.1, -0.05) is 35.9 Å². The number of amides is 1. The van der Waals surface area contributed by atoms with Crippen LogP contribution in [0.1, 0.15) is 15.9 Å². The molecule has 0 aliphatic rings. The molecule has 0 aliphatic carbocycles. The third-order valence-corrected chi connectivity index (χ3v) is 4.34. The molecule has 3 aromatic carbocycles. The van der Waals surface area contributed by atoms with Gasteiger partial charge in [0, 0.05) is 6.07 Å². The number of halogens is 1. The molecular formula is C22H16ClN3O6. The Labute approximate surface area is 187 Å². The van der Waals surface area contributed by atoms with Crippen LogP contribution >= 0.6 is 11.6 Å². The molecule has 0 aliphatic heterocycles. The second-order valence-electron chi connectivity index (χ2n) is 6.25. The predicted octanol–water partition coefficient (Wildman–Crippen LogP) is 4.00. The highest BCUT2D eigenvalue weighted by Gasteiger charge is 2.15. The van der Waals surface area contributed by atoms with Crippen molar-refractivity contribution in [1.29, 1.82) is 0 Å². The zero-order valence-electron chi connectivity index (χ0n) is 16.4. The summed E-state index contributed by atoms with van der Waals surface area (Å²) in [6.07, 6.45) is 1.38. The SMILES string of the molecule is O=C(COc1ccccc1[N+](=O)[O-])N/N=C/c1ccc(OC(=O)c2ccccc2Cl)cc1. The number of esters is 1. The maximum Gasteiger partial charge on any atom is 0.345 e. The van der Waals surface area contributed by atoms with E-state index in [1.54, 1.807) is 54.6 Å². The molecule has 0 aromatic heterocycles. The monoisotopic (exact) mass is 453 g/mol. The van der Waals surface area contributed by atoms with Crippen LogP contribution in [-0.2, 0) is 4.79 Å². The lowest BCUT2D eigenvalue weighted by Crippen LogP contribution is -2.24. The predicted molar refractivity (Wildman–Crippen MR) is 117 cm³/mol. The van der Waals surface area contributed by atoms with Crippen LogP contribution < -0.4 is 14.9 Å². The Morgan fingerprint density at radius 3 is 2.44 bits per heavy atom. The summed E-state index contributed by atoms with van der Waals surface area (Å²) in [5.41, 5.74) is 2.91. The third-order valence-electron chi connectivity index (χ3n) is 4.01. The van der Waals surface area contributed by atoms with E-state index in [0.717, 1.165) is 0 Å². The van der Waals surface area contributed by atoms with Crippen LogP contribution in [0.2, 0.25) is 5.02 Å². The number of nitrogens with zero attached hydrogens (tertiary/aromatic N) is 2. The molecule has 0 unspecified atom stereocenters. The number of ether oxygens (including phenoxy) is 2. The first-order valence-corrected chi connectivity index (χ1v) is 9.57. The Balaban J connectivity index is 1.49. The lowest BCUT2D eigenvalue weighted by Gasteiger charge is -2.06. The largest absolute Gasteiger partial charge is 0.477 e. The number of hydrazone groups is 1. The van der Waals surface area contributed by atoms with Crippen molar-refractivity contribution in [2.75, 3.05) is 6.61 Å². The second kappa shape index (κ2) is 10.7. The molecule has 3 rings (SSSR count). The summed E-state index contributed by atoms with van der Waals surface area (Å²) in [6, 6.07) is 18.7. The molecule has 32 heavy (non-hydrogen) atoms. The number of nitro benzene ring substituents is 1. The number of rotatable bonds is 8. The van der Waals surface area contributed by atoms with Crippen LogP contribution in [-0.4, -0.2) is 29.6 Å². The summed E-state index contributed by atoms with van der Waals surface area (Å²) in [7, 11) is 0. The molecule has 0 spiro atoms. The van der Waals surface area contributed by atoms with Crippen LogP contribution in [0.5, 0.6) is 11.5 Å². The minimum atomic E-state index is -0.596. The highest BCUT2D eigenvalue weighted by atomic mass is 35.5. The van der Waals surface area contributed by atoms with Crippen LogP contribution in [0.15, 0.2) is 77.9 Å². The van der Waals surface area contributed by atoms with Crippen LogP contribution in [0, 0.1) is 10.1 Å². The zero-order chi connectivity index (χ0) is 22.9. The first-order chi connectivity index (χ1) is 15.4. The Hall–Kier alpha value is -4.24. The van der Waals surface area contributed by atoms with Crippen molar-refractivity contribution in [2.45, 2.75) is 0 Å². The molecule has 1 amide bonds. The van der Waals surface area contributed by atoms with Gasteiger partial charge in [-0.3, -0.25) is 14.9 Å². The summed E-state index contributed by atoms with van der Waals surface area (Å²) in [6.45, 7) is -0.445. The van der Waals surface area contributed by atoms with Crippen molar-refractivity contribution in [1.82, 2.24) is 5.43 Å². The molecule has 0 bridgehead atoms. The average molecular weight is 454 g/mol. The summed E-state index contributed by atoms with van der Waals surface area (Å²) in [5.74, 6) is -0.875. The number of carbonyl (C=O) groups is 2. The average Bonchev–Trinajstić information content (AvgIpc) is 2.79. The van der Waals surface area contributed by atoms with Gasteiger partial charge in [0.25, 0.3) is 5.91 Å². The Bertz CT molecular complexity index is 1160. The molecule has 0 saturated heterocycles. The van der Waals surface area contributed by atoms with Gasteiger partial charge in [-0.15, -0.1) is 0 Å². The van der Waals surface area contributed by atoms with Gasteiger partial charge in [-0.25, -0.2) is 10.2 Å². The fourth-order valence-corrected chi connectivity index (χ4v) is 2.71. The maximum absolute atomic E-state index is 12.2. The number of nitrogens with one attached hydrogen (secondary N) is 1. The molecule has 1 N–H and O–H groups in total. The minimum absolute atomic E-state index is 0.0152. The quantitative estimate of drug-likeness (QED) is 0.181. The zero-order valence-corrected chi connectivity index (χ0v) is 17.2. The lowest BCUT2D eigenvalue weighted by atomic mass is 10.2. The van der Waals surface area contributed by atoms with E-state index in [4.69, 9.17) is 21.1 Å². The van der Waals surface area contributed by atoms with Crippen LogP contribution in [0.4, 0.5) is 5.69 Å². The fraction of sp³-hybridized carbons (Fsp3) is 0.0455. The minimum Gasteiger partial charge on any atom is -0.477 e. The second-order valence-corrected chi connectivity index (χ2v) is 6.65. The van der Waals surface area contributed by atoms with Gasteiger partial charge in [0.1, 0.15) is 5.75 Å². The molecule has 0 atom stereocenters. The van der Waals surface area contributed by atoms with Crippen molar-refractivity contribution < 1.29 is 24.0 Å². The van der Waals surface area contributed by atoms with Gasteiger partial charge in [0.15, 0.2) is 12.4 Å². The van der Waals surface area contributed by atoms with Crippen molar-refractivity contribution in [3.8, 4) is 11.5 Å². The van der Waals surface area contributed by atoms with E-state index < -0.39 is 23.4 Å². The number of benzene rings is 3. The topological polar surface area (TPSA) is 120 Å². The summed E-state index contributed by atoms with van der Waals surface area (Å²) < 4.78 is 10.5. The van der Waals surface area contributed by atoms with Crippen molar-refractivity contribution in [3.05, 3.63) is 99.1 Å². The van der Waals surface area contributed by atoms with Gasteiger partial charge in [-0.2, -0.15) is 5.10 Å². The molecule has 10 heteroatoms.